The number of amides is 2. The third kappa shape index (κ3) is 4.55. The lowest BCUT2D eigenvalue weighted by atomic mass is 10.1. The molecular weight excluding hydrogens is 332 g/mol. The van der Waals surface area contributed by atoms with Crippen molar-refractivity contribution in [3.63, 3.8) is 0 Å². The highest BCUT2D eigenvalue weighted by molar-refractivity contribution is 7.12. The van der Waals surface area contributed by atoms with Crippen molar-refractivity contribution < 1.29 is 9.59 Å². The molecule has 0 unspecified atom stereocenters. The summed E-state index contributed by atoms with van der Waals surface area (Å²) in [6.45, 7) is 0.415. The Morgan fingerprint density at radius 1 is 0.880 bits per heavy atom. The van der Waals surface area contributed by atoms with Gasteiger partial charge >= 0.3 is 0 Å². The summed E-state index contributed by atoms with van der Waals surface area (Å²) in [5.74, 6) is -0.487. The van der Waals surface area contributed by atoms with Gasteiger partial charge in [-0.2, -0.15) is 0 Å². The Bertz CT molecular complexity index is 817. The molecule has 0 saturated carbocycles. The molecule has 0 radical (unpaired) electrons. The van der Waals surface area contributed by atoms with Gasteiger partial charge < -0.3 is 10.6 Å². The van der Waals surface area contributed by atoms with E-state index in [0.29, 0.717) is 11.4 Å². The van der Waals surface area contributed by atoms with Crippen LogP contribution in [0.4, 0.5) is 0 Å². The highest BCUT2D eigenvalue weighted by atomic mass is 32.1. The average molecular weight is 350 g/mol. The molecule has 0 aliphatic heterocycles. The van der Waals surface area contributed by atoms with E-state index >= 15 is 0 Å². The van der Waals surface area contributed by atoms with E-state index in [1.54, 1.807) is 6.07 Å². The predicted molar refractivity (Wildman–Crippen MR) is 99.3 cm³/mol. The van der Waals surface area contributed by atoms with Gasteiger partial charge in [0.25, 0.3) is 5.91 Å². The van der Waals surface area contributed by atoms with Gasteiger partial charge in [0.1, 0.15) is 6.04 Å². The molecule has 5 heteroatoms. The third-order valence-corrected chi connectivity index (χ3v) is 4.59. The first-order valence-electron chi connectivity index (χ1n) is 7.95. The lowest BCUT2D eigenvalue weighted by molar-refractivity contribution is -0.123. The van der Waals surface area contributed by atoms with E-state index in [1.165, 1.54) is 11.3 Å². The lowest BCUT2D eigenvalue weighted by Crippen LogP contribution is -2.40. The molecule has 0 bridgehead atoms. The smallest absolute Gasteiger partial charge is 0.262 e. The van der Waals surface area contributed by atoms with Crippen LogP contribution in [-0.4, -0.2) is 11.8 Å². The largest absolute Gasteiger partial charge is 0.350 e. The second-order valence-electron chi connectivity index (χ2n) is 5.50. The summed E-state index contributed by atoms with van der Waals surface area (Å²) < 4.78 is 0. The Labute approximate surface area is 150 Å². The summed E-state index contributed by atoms with van der Waals surface area (Å²) in [5, 5.41) is 7.56. The van der Waals surface area contributed by atoms with Gasteiger partial charge in [-0.3, -0.25) is 9.59 Å². The van der Waals surface area contributed by atoms with Gasteiger partial charge in [0.05, 0.1) is 4.88 Å². The summed E-state index contributed by atoms with van der Waals surface area (Å²) in [5.41, 5.74) is 1.75. The van der Waals surface area contributed by atoms with Gasteiger partial charge in [-0.1, -0.05) is 66.7 Å². The number of hydrogen-bond donors (Lipinski definition) is 2. The van der Waals surface area contributed by atoms with Crippen molar-refractivity contribution in [1.82, 2.24) is 10.6 Å². The molecule has 25 heavy (non-hydrogen) atoms. The van der Waals surface area contributed by atoms with E-state index in [1.807, 2.05) is 72.1 Å². The number of nitrogens with one attached hydrogen (secondary N) is 2. The van der Waals surface area contributed by atoms with Crippen LogP contribution in [0, 0.1) is 0 Å². The maximum atomic E-state index is 12.7. The van der Waals surface area contributed by atoms with E-state index in [9.17, 15) is 9.59 Å². The first-order chi connectivity index (χ1) is 12.2. The fraction of sp³-hybridized carbons (Fsp3) is 0.100. The van der Waals surface area contributed by atoms with Gasteiger partial charge in [0, 0.05) is 6.54 Å². The zero-order valence-electron chi connectivity index (χ0n) is 13.5. The van der Waals surface area contributed by atoms with Crippen molar-refractivity contribution in [2.45, 2.75) is 12.6 Å². The zero-order valence-corrected chi connectivity index (χ0v) is 14.3. The normalized spacial score (nSPS) is 11.5. The number of hydrogen-bond acceptors (Lipinski definition) is 3. The second kappa shape index (κ2) is 8.26. The molecule has 0 fully saturated rings. The molecule has 3 rings (SSSR count). The number of carbonyl (C=O) groups excluding carboxylic acids is 2. The average Bonchev–Trinajstić information content (AvgIpc) is 3.20. The molecular formula is C20H18N2O2S. The molecule has 1 heterocycles. The van der Waals surface area contributed by atoms with Crippen LogP contribution in [0.5, 0.6) is 0 Å². The number of carbonyl (C=O) groups is 2. The molecule has 3 aromatic rings. The van der Waals surface area contributed by atoms with Crippen LogP contribution < -0.4 is 10.6 Å². The van der Waals surface area contributed by atoms with Crippen molar-refractivity contribution in [2.24, 2.45) is 0 Å². The summed E-state index contributed by atoms with van der Waals surface area (Å²) in [7, 11) is 0. The van der Waals surface area contributed by atoms with E-state index in [2.05, 4.69) is 10.6 Å². The molecule has 2 aromatic carbocycles. The van der Waals surface area contributed by atoms with Crippen molar-refractivity contribution in [3.05, 3.63) is 94.2 Å². The van der Waals surface area contributed by atoms with Gasteiger partial charge in [-0.05, 0) is 22.6 Å². The van der Waals surface area contributed by atoms with Crippen molar-refractivity contribution >= 4 is 23.2 Å². The predicted octanol–water partition coefficient (Wildman–Crippen LogP) is 3.54. The molecule has 0 aliphatic carbocycles. The Kier molecular flexibility index (Phi) is 5.59. The zero-order chi connectivity index (χ0) is 17.5. The van der Waals surface area contributed by atoms with Crippen LogP contribution in [0.1, 0.15) is 26.8 Å². The fourth-order valence-electron chi connectivity index (χ4n) is 2.44. The van der Waals surface area contributed by atoms with Crippen molar-refractivity contribution in [2.75, 3.05) is 0 Å². The third-order valence-electron chi connectivity index (χ3n) is 3.73. The number of rotatable bonds is 6. The van der Waals surface area contributed by atoms with Gasteiger partial charge in [0.2, 0.25) is 5.91 Å². The Hall–Kier alpha value is -2.92. The minimum atomic E-state index is -0.737. The van der Waals surface area contributed by atoms with Gasteiger partial charge in [-0.25, -0.2) is 0 Å². The molecule has 126 valence electrons. The standard InChI is InChI=1S/C20H18N2O2S/c23-19(17-12-7-13-25-17)22-18(16-10-5-2-6-11-16)20(24)21-14-15-8-3-1-4-9-15/h1-13,18H,14H2,(H,21,24)(H,22,23)/t18-/m1/s1. The van der Waals surface area contributed by atoms with E-state index in [4.69, 9.17) is 0 Å². The molecule has 1 aromatic heterocycles. The maximum Gasteiger partial charge on any atom is 0.262 e. The molecule has 2 amide bonds. The fourth-order valence-corrected chi connectivity index (χ4v) is 3.07. The Balaban J connectivity index is 1.74. The van der Waals surface area contributed by atoms with Crippen LogP contribution in [0.25, 0.3) is 0 Å². The highest BCUT2D eigenvalue weighted by Gasteiger charge is 2.23. The summed E-state index contributed by atoms with van der Waals surface area (Å²) in [4.78, 5) is 25.7. The van der Waals surface area contributed by atoms with Crippen LogP contribution in [0.15, 0.2) is 78.2 Å². The van der Waals surface area contributed by atoms with Crippen molar-refractivity contribution in [3.8, 4) is 0 Å². The molecule has 0 spiro atoms. The Morgan fingerprint density at radius 3 is 2.20 bits per heavy atom. The van der Waals surface area contributed by atoms with Gasteiger partial charge in [-0.15, -0.1) is 11.3 Å². The summed E-state index contributed by atoms with van der Waals surface area (Å²) >= 11 is 1.35. The Morgan fingerprint density at radius 2 is 1.56 bits per heavy atom. The van der Waals surface area contributed by atoms with Crippen LogP contribution in [0.2, 0.25) is 0 Å². The van der Waals surface area contributed by atoms with E-state index in [0.717, 1.165) is 11.1 Å². The minimum absolute atomic E-state index is 0.236. The lowest BCUT2D eigenvalue weighted by Gasteiger charge is -2.18. The topological polar surface area (TPSA) is 58.2 Å². The van der Waals surface area contributed by atoms with E-state index < -0.39 is 6.04 Å². The SMILES string of the molecule is O=C(N[C@@H](C(=O)NCc1ccccc1)c1ccccc1)c1cccs1. The molecule has 1 atom stereocenters. The first kappa shape index (κ1) is 16.9. The molecule has 4 nitrogen and oxygen atoms in total. The van der Waals surface area contributed by atoms with Crippen molar-refractivity contribution in [1.29, 1.82) is 0 Å². The maximum absolute atomic E-state index is 12.7. The van der Waals surface area contributed by atoms with Crippen LogP contribution in [0.3, 0.4) is 0 Å². The molecule has 0 saturated heterocycles. The first-order valence-corrected chi connectivity index (χ1v) is 8.83. The summed E-state index contributed by atoms with van der Waals surface area (Å²) in [6.07, 6.45) is 0. The van der Waals surface area contributed by atoms with E-state index in [-0.39, 0.29) is 11.8 Å². The number of thiophene rings is 1. The molecule has 0 aliphatic rings. The quantitative estimate of drug-likeness (QED) is 0.714. The monoisotopic (exact) mass is 350 g/mol. The van der Waals surface area contributed by atoms with Crippen LogP contribution >= 0.6 is 11.3 Å². The highest BCUT2D eigenvalue weighted by Crippen LogP contribution is 2.16. The summed E-state index contributed by atoms with van der Waals surface area (Å²) in [6, 6.07) is 21.7. The second-order valence-corrected chi connectivity index (χ2v) is 6.45. The van der Waals surface area contributed by atoms with Crippen LogP contribution in [-0.2, 0) is 11.3 Å². The minimum Gasteiger partial charge on any atom is -0.350 e. The number of benzene rings is 2. The van der Waals surface area contributed by atoms with Gasteiger partial charge in [0.15, 0.2) is 0 Å². The molecule has 2 N–H and O–H groups in total.